The zero-order chi connectivity index (χ0) is 18.1. The van der Waals surface area contributed by atoms with Crippen molar-refractivity contribution in [2.24, 2.45) is 0 Å². The lowest BCUT2D eigenvalue weighted by Gasteiger charge is -2.11. The van der Waals surface area contributed by atoms with Crippen LogP contribution in [-0.4, -0.2) is 15.0 Å². The van der Waals surface area contributed by atoms with Gasteiger partial charge in [0.05, 0.1) is 15.2 Å². The maximum absolute atomic E-state index is 13.3. The Morgan fingerprint density at radius 3 is 2.58 bits per heavy atom. The van der Waals surface area contributed by atoms with E-state index < -0.39 is 5.82 Å². The van der Waals surface area contributed by atoms with Gasteiger partial charge in [0.1, 0.15) is 17.8 Å². The number of hydrogen-bond donors (Lipinski definition) is 3. The highest BCUT2D eigenvalue weighted by Crippen LogP contribution is 2.32. The number of nitrogens with one attached hydrogen (secondary N) is 2. The van der Waals surface area contributed by atoms with Gasteiger partial charge in [0.15, 0.2) is 16.8 Å². The van der Waals surface area contributed by atoms with Crippen molar-refractivity contribution >= 4 is 61.3 Å². The van der Waals surface area contributed by atoms with Gasteiger partial charge in [0.2, 0.25) is 0 Å². The van der Waals surface area contributed by atoms with E-state index in [1.54, 1.807) is 6.07 Å². The molecule has 0 unspecified atom stereocenters. The molecule has 4 rings (SSSR count). The van der Waals surface area contributed by atoms with Crippen LogP contribution in [0.4, 0.5) is 32.5 Å². The fourth-order valence-electron chi connectivity index (χ4n) is 2.33. The molecule has 2 heterocycles. The largest absolute Gasteiger partial charge is 0.393 e. The van der Waals surface area contributed by atoms with Crippen LogP contribution in [0, 0.1) is 5.82 Å². The third kappa shape index (κ3) is 3.24. The number of nitrogens with two attached hydrogens (primary N) is 1. The van der Waals surface area contributed by atoms with Gasteiger partial charge in [0, 0.05) is 5.69 Å². The molecule has 6 nitrogen and oxygen atoms in total. The van der Waals surface area contributed by atoms with Gasteiger partial charge in [-0.3, -0.25) is 0 Å². The standard InChI is InChI=1S/C17H12ClFN6S/c18-10-7-9(5-6-11(10)19)23-15-14(20)16(22-8-21-15)25-17-24-12-3-1-2-4-13(12)26-17/h1-8H,20H2,(H2,21,22,23,24,25). The maximum Gasteiger partial charge on any atom is 0.189 e. The van der Waals surface area contributed by atoms with Crippen LogP contribution >= 0.6 is 22.9 Å². The minimum absolute atomic E-state index is 0.00968. The summed E-state index contributed by atoms with van der Waals surface area (Å²) < 4.78 is 14.3. The third-order valence-corrected chi connectivity index (χ3v) is 4.83. The summed E-state index contributed by atoms with van der Waals surface area (Å²) in [5, 5.41) is 6.81. The number of benzene rings is 2. The van der Waals surface area contributed by atoms with E-state index in [1.165, 1.54) is 29.8 Å². The number of aromatic nitrogens is 3. The number of nitrogen functional groups attached to an aromatic ring is 1. The number of rotatable bonds is 4. The fourth-order valence-corrected chi connectivity index (χ4v) is 3.38. The molecule has 26 heavy (non-hydrogen) atoms. The molecule has 0 radical (unpaired) electrons. The van der Waals surface area contributed by atoms with Gasteiger partial charge < -0.3 is 16.4 Å². The molecule has 0 atom stereocenters. The molecular formula is C17H12ClFN6S. The Morgan fingerprint density at radius 1 is 1.04 bits per heavy atom. The number of halogens is 2. The highest BCUT2D eigenvalue weighted by molar-refractivity contribution is 7.22. The highest BCUT2D eigenvalue weighted by Gasteiger charge is 2.12. The number of anilines is 5. The molecular weight excluding hydrogens is 375 g/mol. The lowest BCUT2D eigenvalue weighted by molar-refractivity contribution is 0.628. The van der Waals surface area contributed by atoms with Gasteiger partial charge >= 0.3 is 0 Å². The highest BCUT2D eigenvalue weighted by atomic mass is 35.5. The van der Waals surface area contributed by atoms with Crippen LogP contribution in [0.5, 0.6) is 0 Å². The van der Waals surface area contributed by atoms with Crippen LogP contribution in [0.2, 0.25) is 5.02 Å². The quantitative estimate of drug-likeness (QED) is 0.460. The van der Waals surface area contributed by atoms with E-state index in [1.807, 2.05) is 24.3 Å². The molecule has 0 saturated heterocycles. The van der Waals surface area contributed by atoms with E-state index in [0.717, 1.165) is 10.2 Å². The summed E-state index contributed by atoms with van der Waals surface area (Å²) in [5.41, 5.74) is 7.93. The van der Waals surface area contributed by atoms with Gasteiger partial charge in [-0.1, -0.05) is 35.1 Å². The smallest absolute Gasteiger partial charge is 0.189 e. The Hall–Kier alpha value is -2.97. The Morgan fingerprint density at radius 2 is 1.81 bits per heavy atom. The summed E-state index contributed by atoms with van der Waals surface area (Å²) in [7, 11) is 0. The molecule has 4 aromatic rings. The minimum Gasteiger partial charge on any atom is -0.393 e. The Balaban J connectivity index is 1.61. The second kappa shape index (κ2) is 6.74. The number of nitrogens with zero attached hydrogens (tertiary/aromatic N) is 3. The van der Waals surface area contributed by atoms with Crippen LogP contribution < -0.4 is 16.4 Å². The summed E-state index contributed by atoms with van der Waals surface area (Å²) in [6, 6.07) is 12.1. The zero-order valence-electron chi connectivity index (χ0n) is 13.2. The molecule has 0 amide bonds. The molecule has 0 aliphatic heterocycles. The normalized spacial score (nSPS) is 10.8. The number of para-hydroxylation sites is 1. The first-order valence-corrected chi connectivity index (χ1v) is 8.75. The molecule has 9 heteroatoms. The van der Waals surface area contributed by atoms with Gasteiger partial charge in [0.25, 0.3) is 0 Å². The summed E-state index contributed by atoms with van der Waals surface area (Å²) >= 11 is 7.30. The number of fused-ring (bicyclic) bond motifs is 1. The molecule has 0 aliphatic carbocycles. The van der Waals surface area contributed by atoms with Crippen LogP contribution in [-0.2, 0) is 0 Å². The molecule has 0 saturated carbocycles. The monoisotopic (exact) mass is 386 g/mol. The van der Waals surface area contributed by atoms with E-state index in [9.17, 15) is 4.39 Å². The molecule has 0 aliphatic rings. The molecule has 130 valence electrons. The van der Waals surface area contributed by atoms with E-state index >= 15 is 0 Å². The van der Waals surface area contributed by atoms with Crippen molar-refractivity contribution < 1.29 is 4.39 Å². The average Bonchev–Trinajstić information content (AvgIpc) is 3.04. The lowest BCUT2D eigenvalue weighted by Crippen LogP contribution is -2.05. The van der Waals surface area contributed by atoms with Crippen LogP contribution in [0.1, 0.15) is 0 Å². The maximum atomic E-state index is 13.3. The topological polar surface area (TPSA) is 88.8 Å². The van der Waals surface area contributed by atoms with Crippen LogP contribution in [0.3, 0.4) is 0 Å². The first-order chi connectivity index (χ1) is 12.6. The van der Waals surface area contributed by atoms with Crippen molar-refractivity contribution in [1.82, 2.24) is 15.0 Å². The van der Waals surface area contributed by atoms with Crippen molar-refractivity contribution in [2.45, 2.75) is 0 Å². The predicted octanol–water partition coefficient (Wildman–Crippen LogP) is 4.95. The fraction of sp³-hybridized carbons (Fsp3) is 0. The Labute approximate surface area is 156 Å². The Kier molecular flexibility index (Phi) is 4.27. The van der Waals surface area contributed by atoms with Gasteiger partial charge in [-0.15, -0.1) is 0 Å². The lowest BCUT2D eigenvalue weighted by atomic mass is 10.3. The average molecular weight is 387 g/mol. The van der Waals surface area contributed by atoms with E-state index in [0.29, 0.717) is 28.1 Å². The minimum atomic E-state index is -0.494. The summed E-state index contributed by atoms with van der Waals surface area (Å²) in [4.78, 5) is 12.8. The van der Waals surface area contributed by atoms with Crippen molar-refractivity contribution in [3.8, 4) is 0 Å². The zero-order valence-corrected chi connectivity index (χ0v) is 14.8. The van der Waals surface area contributed by atoms with Crippen molar-refractivity contribution in [3.63, 3.8) is 0 Å². The summed E-state index contributed by atoms with van der Waals surface area (Å²) in [6.07, 6.45) is 1.37. The molecule has 2 aromatic carbocycles. The van der Waals surface area contributed by atoms with Gasteiger partial charge in [-0.2, -0.15) is 0 Å². The molecule has 0 fully saturated rings. The van der Waals surface area contributed by atoms with E-state index in [2.05, 4.69) is 25.6 Å². The van der Waals surface area contributed by atoms with E-state index in [-0.39, 0.29) is 5.02 Å². The SMILES string of the molecule is Nc1c(Nc2ccc(F)c(Cl)c2)ncnc1Nc1nc2ccccc2s1. The first kappa shape index (κ1) is 16.5. The summed E-state index contributed by atoms with van der Waals surface area (Å²) in [6.45, 7) is 0. The van der Waals surface area contributed by atoms with Crippen molar-refractivity contribution in [2.75, 3.05) is 16.4 Å². The van der Waals surface area contributed by atoms with E-state index in [4.69, 9.17) is 17.3 Å². The third-order valence-electron chi connectivity index (χ3n) is 3.59. The summed E-state index contributed by atoms with van der Waals surface area (Å²) in [5.74, 6) is 0.312. The van der Waals surface area contributed by atoms with Gasteiger partial charge in [-0.05, 0) is 30.3 Å². The van der Waals surface area contributed by atoms with Crippen molar-refractivity contribution in [1.29, 1.82) is 0 Å². The predicted molar refractivity (Wildman–Crippen MR) is 104 cm³/mol. The van der Waals surface area contributed by atoms with Crippen LogP contribution in [0.25, 0.3) is 10.2 Å². The first-order valence-electron chi connectivity index (χ1n) is 7.55. The van der Waals surface area contributed by atoms with Crippen LogP contribution in [0.15, 0.2) is 48.8 Å². The van der Waals surface area contributed by atoms with Gasteiger partial charge in [-0.25, -0.2) is 19.3 Å². The molecule has 4 N–H and O–H groups in total. The second-order valence-electron chi connectivity index (χ2n) is 5.35. The van der Waals surface area contributed by atoms with Crippen molar-refractivity contribution in [3.05, 3.63) is 59.6 Å². The number of thiazole rings is 1. The number of hydrogen-bond acceptors (Lipinski definition) is 7. The Bertz CT molecular complexity index is 1070. The second-order valence-corrected chi connectivity index (χ2v) is 6.79. The molecule has 2 aromatic heterocycles. The molecule has 0 spiro atoms. The molecule has 0 bridgehead atoms.